The minimum Gasteiger partial charge on any atom is -0.355 e. The summed E-state index contributed by atoms with van der Waals surface area (Å²) >= 11 is 1.39. The van der Waals surface area contributed by atoms with Gasteiger partial charge in [-0.1, -0.05) is 60.7 Å². The number of amides is 3. The van der Waals surface area contributed by atoms with Gasteiger partial charge in [-0.15, -0.1) is 11.8 Å². The van der Waals surface area contributed by atoms with Gasteiger partial charge in [0.05, 0.1) is 5.75 Å². The Hall–Kier alpha value is -2.55. The highest BCUT2D eigenvalue weighted by Crippen LogP contribution is 2.33. The topological polar surface area (TPSA) is 85.5 Å². The molecule has 4 unspecified atom stereocenters. The Bertz CT molecular complexity index is 866. The van der Waals surface area contributed by atoms with Crippen molar-refractivity contribution in [2.45, 2.75) is 37.0 Å². The van der Waals surface area contributed by atoms with Crippen LogP contribution in [-0.2, 0) is 11.2 Å². The normalized spacial score (nSPS) is 25.5. The van der Waals surface area contributed by atoms with Crippen molar-refractivity contribution in [3.63, 3.8) is 0 Å². The fraction of sp³-hybridized carbons (Fsp3) is 0.364. The number of rotatable bonds is 7. The highest BCUT2D eigenvalue weighted by molar-refractivity contribution is 8.00. The maximum absolute atomic E-state index is 12.6. The van der Waals surface area contributed by atoms with Crippen molar-refractivity contribution >= 4 is 23.7 Å². The molecule has 3 amide bonds. The summed E-state index contributed by atoms with van der Waals surface area (Å²) in [6.07, 6.45) is 0.629. The van der Waals surface area contributed by atoms with Crippen LogP contribution in [0.25, 0.3) is 0 Å². The standard InChI is InChI=1S/C22H27N5O2S/c1-15-19(17-10-6-3-7-11-17)20-24-21(25-22(29)27(20)26-15)30-14-18(28)23-13-12-16-8-4-2-5-9-16/h2-11,15,19-21,24,26H,12-14H2,1H3,(H,23,28)(H,25,29). The molecule has 7 nitrogen and oxygen atoms in total. The van der Waals surface area contributed by atoms with E-state index in [-0.39, 0.29) is 41.3 Å². The summed E-state index contributed by atoms with van der Waals surface area (Å²) in [4.78, 5) is 24.8. The average Bonchev–Trinajstić information content (AvgIpc) is 3.10. The van der Waals surface area contributed by atoms with Gasteiger partial charge >= 0.3 is 6.03 Å². The van der Waals surface area contributed by atoms with Gasteiger partial charge in [-0.25, -0.2) is 15.2 Å². The van der Waals surface area contributed by atoms with E-state index in [0.717, 1.165) is 6.42 Å². The quantitative estimate of drug-likeness (QED) is 0.545. The molecule has 2 aliphatic heterocycles. The lowest BCUT2D eigenvalue weighted by atomic mass is 9.91. The lowest BCUT2D eigenvalue weighted by molar-refractivity contribution is -0.118. The first-order chi connectivity index (χ1) is 14.6. The number of urea groups is 1. The van der Waals surface area contributed by atoms with E-state index in [4.69, 9.17) is 0 Å². The molecule has 2 fully saturated rings. The largest absolute Gasteiger partial charge is 0.355 e. The number of thioether (sulfide) groups is 1. The van der Waals surface area contributed by atoms with Crippen molar-refractivity contribution in [3.05, 3.63) is 71.8 Å². The highest BCUT2D eigenvalue weighted by atomic mass is 32.2. The van der Waals surface area contributed by atoms with E-state index < -0.39 is 0 Å². The second-order valence-electron chi connectivity index (χ2n) is 7.56. The van der Waals surface area contributed by atoms with Gasteiger partial charge in [-0.05, 0) is 24.5 Å². The Kier molecular flexibility index (Phi) is 6.56. The molecule has 4 rings (SSSR count). The maximum atomic E-state index is 12.6. The number of hydrazine groups is 1. The van der Waals surface area contributed by atoms with E-state index in [2.05, 4.69) is 40.4 Å². The van der Waals surface area contributed by atoms with Crippen molar-refractivity contribution in [2.24, 2.45) is 0 Å². The molecule has 0 aliphatic carbocycles. The van der Waals surface area contributed by atoms with Crippen LogP contribution < -0.4 is 21.4 Å². The first-order valence-corrected chi connectivity index (χ1v) is 11.3. The van der Waals surface area contributed by atoms with Gasteiger partial charge in [0.15, 0.2) is 0 Å². The number of fused-ring (bicyclic) bond motifs is 1. The SMILES string of the molecule is CC1NN2C(=O)NC(SCC(=O)NCCc3ccccc3)NC2C1c1ccccc1. The van der Waals surface area contributed by atoms with Crippen LogP contribution in [0.1, 0.15) is 24.0 Å². The molecular weight excluding hydrogens is 398 g/mol. The highest BCUT2D eigenvalue weighted by Gasteiger charge is 2.46. The van der Waals surface area contributed by atoms with E-state index >= 15 is 0 Å². The van der Waals surface area contributed by atoms with E-state index in [0.29, 0.717) is 6.54 Å². The molecule has 8 heteroatoms. The van der Waals surface area contributed by atoms with Crippen molar-refractivity contribution < 1.29 is 9.59 Å². The zero-order chi connectivity index (χ0) is 20.9. The lowest BCUT2D eigenvalue weighted by Gasteiger charge is -2.37. The van der Waals surface area contributed by atoms with E-state index in [9.17, 15) is 9.59 Å². The van der Waals surface area contributed by atoms with Crippen molar-refractivity contribution in [3.8, 4) is 0 Å². The number of carbonyl (C=O) groups is 2. The van der Waals surface area contributed by atoms with Crippen molar-refractivity contribution in [1.29, 1.82) is 0 Å². The molecule has 4 atom stereocenters. The first kappa shape index (κ1) is 20.7. The zero-order valence-corrected chi connectivity index (χ0v) is 17.7. The van der Waals surface area contributed by atoms with Crippen LogP contribution in [0.15, 0.2) is 60.7 Å². The van der Waals surface area contributed by atoms with Gasteiger partial charge in [-0.3, -0.25) is 10.1 Å². The summed E-state index contributed by atoms with van der Waals surface area (Å²) in [7, 11) is 0. The molecule has 4 N–H and O–H groups in total. The minimum absolute atomic E-state index is 0.0352. The van der Waals surface area contributed by atoms with Crippen LogP contribution in [-0.4, -0.2) is 47.0 Å². The first-order valence-electron chi connectivity index (χ1n) is 10.2. The van der Waals surface area contributed by atoms with E-state index in [1.165, 1.54) is 22.9 Å². The van der Waals surface area contributed by atoms with Crippen LogP contribution in [0.2, 0.25) is 0 Å². The third-order valence-electron chi connectivity index (χ3n) is 5.44. The lowest BCUT2D eigenvalue weighted by Crippen LogP contribution is -2.65. The molecule has 0 bridgehead atoms. The summed E-state index contributed by atoms with van der Waals surface area (Å²) < 4.78 is 0. The van der Waals surface area contributed by atoms with Crippen LogP contribution in [0.4, 0.5) is 4.79 Å². The Morgan fingerprint density at radius 3 is 2.53 bits per heavy atom. The predicted octanol–water partition coefficient (Wildman–Crippen LogP) is 1.99. The van der Waals surface area contributed by atoms with Gasteiger partial charge < -0.3 is 10.6 Å². The number of benzene rings is 2. The maximum Gasteiger partial charge on any atom is 0.335 e. The fourth-order valence-electron chi connectivity index (χ4n) is 3.99. The van der Waals surface area contributed by atoms with Gasteiger partial charge in [0.25, 0.3) is 0 Å². The van der Waals surface area contributed by atoms with Crippen LogP contribution in [0.5, 0.6) is 0 Å². The predicted molar refractivity (Wildman–Crippen MR) is 118 cm³/mol. The number of hydrogen-bond acceptors (Lipinski definition) is 5. The second kappa shape index (κ2) is 9.51. The Morgan fingerprint density at radius 2 is 1.80 bits per heavy atom. The Labute approximate surface area is 181 Å². The monoisotopic (exact) mass is 425 g/mol. The summed E-state index contributed by atoms with van der Waals surface area (Å²) in [5.74, 6) is 0.366. The molecule has 2 aromatic carbocycles. The smallest absolute Gasteiger partial charge is 0.335 e. The molecular formula is C22H27N5O2S. The minimum atomic E-state index is -0.322. The average molecular weight is 426 g/mol. The third kappa shape index (κ3) is 4.77. The van der Waals surface area contributed by atoms with Crippen LogP contribution >= 0.6 is 11.8 Å². The van der Waals surface area contributed by atoms with Crippen LogP contribution in [0.3, 0.4) is 0 Å². The van der Waals surface area contributed by atoms with E-state index in [1.807, 2.05) is 48.5 Å². The van der Waals surface area contributed by atoms with Crippen molar-refractivity contribution in [1.82, 2.24) is 26.4 Å². The Morgan fingerprint density at radius 1 is 1.10 bits per heavy atom. The fourth-order valence-corrected chi connectivity index (χ4v) is 4.83. The zero-order valence-electron chi connectivity index (χ0n) is 16.9. The van der Waals surface area contributed by atoms with Gasteiger partial charge in [0.1, 0.15) is 11.7 Å². The number of carbonyl (C=O) groups excluding carboxylic acids is 2. The molecule has 0 spiro atoms. The number of nitrogens with one attached hydrogen (secondary N) is 4. The molecule has 158 valence electrons. The molecule has 2 aromatic rings. The number of hydrogen-bond donors (Lipinski definition) is 4. The van der Waals surface area contributed by atoms with Gasteiger partial charge in [0.2, 0.25) is 5.91 Å². The summed E-state index contributed by atoms with van der Waals surface area (Å²) in [5.41, 5.74) is 5.30. The van der Waals surface area contributed by atoms with E-state index in [1.54, 1.807) is 5.01 Å². The molecule has 2 saturated heterocycles. The van der Waals surface area contributed by atoms with Gasteiger partial charge in [0, 0.05) is 18.5 Å². The summed E-state index contributed by atoms with van der Waals surface area (Å²) in [6, 6.07) is 20.2. The number of nitrogens with zero attached hydrogens (tertiary/aromatic N) is 1. The molecule has 2 aliphatic rings. The summed E-state index contributed by atoms with van der Waals surface area (Å²) in [5, 5.41) is 11.0. The molecule has 0 radical (unpaired) electrons. The van der Waals surface area contributed by atoms with Gasteiger partial charge in [-0.2, -0.15) is 0 Å². The Balaban J connectivity index is 1.29. The third-order valence-corrected chi connectivity index (χ3v) is 6.46. The molecule has 0 aromatic heterocycles. The molecule has 0 saturated carbocycles. The molecule has 2 heterocycles. The van der Waals surface area contributed by atoms with Crippen molar-refractivity contribution in [2.75, 3.05) is 12.3 Å². The second-order valence-corrected chi connectivity index (χ2v) is 8.66. The van der Waals surface area contributed by atoms with Crippen LogP contribution in [0, 0.1) is 0 Å². The summed E-state index contributed by atoms with van der Waals surface area (Å²) in [6.45, 7) is 2.68. The molecule has 30 heavy (non-hydrogen) atoms.